The van der Waals surface area contributed by atoms with Crippen molar-refractivity contribution in [2.45, 2.75) is 19.9 Å². The number of thiophene rings is 1. The van der Waals surface area contributed by atoms with Crippen LogP contribution in [0, 0.1) is 0 Å². The van der Waals surface area contributed by atoms with Crippen LogP contribution in [0.5, 0.6) is 5.75 Å². The third-order valence-electron chi connectivity index (χ3n) is 2.47. The number of methoxy groups -OCH3 is 1. The molecule has 0 bridgehead atoms. The second-order valence-corrected chi connectivity index (χ2v) is 4.72. The summed E-state index contributed by atoms with van der Waals surface area (Å²) in [4.78, 5) is 12.3. The molecule has 0 amide bonds. The van der Waals surface area contributed by atoms with Crippen LogP contribution in [-0.4, -0.2) is 22.7 Å². The smallest absolute Gasteiger partial charge is 0.215 e. The van der Waals surface area contributed by atoms with Crippen molar-refractivity contribution in [3.63, 3.8) is 0 Å². The summed E-state index contributed by atoms with van der Waals surface area (Å²) in [6, 6.07) is 1.93. The van der Waals surface area contributed by atoms with Crippen LogP contribution in [0.2, 0.25) is 0 Å². The van der Waals surface area contributed by atoms with Gasteiger partial charge >= 0.3 is 0 Å². The van der Waals surface area contributed by atoms with Gasteiger partial charge in [0.15, 0.2) is 11.4 Å². The van der Waals surface area contributed by atoms with E-state index in [1.165, 1.54) is 11.3 Å². The van der Waals surface area contributed by atoms with Gasteiger partial charge in [-0.3, -0.25) is 9.48 Å². The van der Waals surface area contributed by atoms with Gasteiger partial charge in [-0.25, -0.2) is 0 Å². The van der Waals surface area contributed by atoms with Crippen molar-refractivity contribution in [2.24, 2.45) is 0 Å². The number of hydrogen-bond acceptors (Lipinski definition) is 4. The molecule has 0 radical (unpaired) electrons. The first-order valence-electron chi connectivity index (χ1n) is 5.33. The fourth-order valence-corrected chi connectivity index (χ4v) is 2.27. The molecule has 0 aliphatic carbocycles. The minimum atomic E-state index is -0.0469. The normalized spacial score (nSPS) is 10.8. The molecule has 2 rings (SSSR count). The van der Waals surface area contributed by atoms with Gasteiger partial charge in [-0.15, -0.1) is 0 Å². The van der Waals surface area contributed by atoms with E-state index in [2.05, 4.69) is 5.10 Å². The third-order valence-corrected chi connectivity index (χ3v) is 3.15. The summed E-state index contributed by atoms with van der Waals surface area (Å²) in [6.45, 7) is 3.97. The lowest BCUT2D eigenvalue weighted by atomic mass is 10.1. The number of carbonyl (C=O) groups excluding carboxylic acids is 1. The number of rotatable bonds is 4. The molecule has 2 aromatic rings. The number of nitrogens with zero attached hydrogens (tertiary/aromatic N) is 2. The number of ketones is 1. The number of carbonyl (C=O) groups is 1. The van der Waals surface area contributed by atoms with E-state index in [9.17, 15) is 4.79 Å². The summed E-state index contributed by atoms with van der Waals surface area (Å²) in [5.41, 5.74) is 1.19. The van der Waals surface area contributed by atoms with Crippen molar-refractivity contribution in [1.29, 1.82) is 0 Å². The van der Waals surface area contributed by atoms with Crippen molar-refractivity contribution in [3.8, 4) is 5.75 Å². The van der Waals surface area contributed by atoms with Gasteiger partial charge in [0.2, 0.25) is 5.78 Å². The maximum absolute atomic E-state index is 12.3. The quantitative estimate of drug-likeness (QED) is 0.784. The largest absolute Gasteiger partial charge is 0.493 e. The Kier molecular flexibility index (Phi) is 3.28. The number of hydrogen-bond donors (Lipinski definition) is 0. The van der Waals surface area contributed by atoms with Crippen LogP contribution in [-0.2, 0) is 0 Å². The Morgan fingerprint density at radius 3 is 2.82 bits per heavy atom. The van der Waals surface area contributed by atoms with Crippen LogP contribution < -0.4 is 4.74 Å². The molecule has 0 atom stereocenters. The second-order valence-electron chi connectivity index (χ2n) is 3.94. The van der Waals surface area contributed by atoms with Crippen molar-refractivity contribution < 1.29 is 9.53 Å². The maximum Gasteiger partial charge on any atom is 0.215 e. The highest BCUT2D eigenvalue weighted by molar-refractivity contribution is 7.08. The van der Waals surface area contributed by atoms with Crippen LogP contribution >= 0.6 is 11.3 Å². The zero-order chi connectivity index (χ0) is 12.4. The van der Waals surface area contributed by atoms with Crippen molar-refractivity contribution in [1.82, 2.24) is 9.78 Å². The molecule has 0 fully saturated rings. The summed E-state index contributed by atoms with van der Waals surface area (Å²) in [7, 11) is 1.55. The Labute approximate surface area is 104 Å². The molecule has 2 heterocycles. The van der Waals surface area contributed by atoms with Crippen molar-refractivity contribution in [3.05, 3.63) is 34.3 Å². The molecule has 0 N–H and O–H groups in total. The van der Waals surface area contributed by atoms with Gasteiger partial charge in [0.1, 0.15) is 0 Å². The minimum Gasteiger partial charge on any atom is -0.493 e. The van der Waals surface area contributed by atoms with E-state index in [1.54, 1.807) is 18.0 Å². The lowest BCUT2D eigenvalue weighted by molar-refractivity contribution is 0.102. The molecule has 17 heavy (non-hydrogen) atoms. The van der Waals surface area contributed by atoms with Gasteiger partial charge in [0, 0.05) is 17.0 Å². The minimum absolute atomic E-state index is 0.0469. The fraction of sp³-hybridized carbons (Fsp3) is 0.333. The highest BCUT2D eigenvalue weighted by atomic mass is 32.1. The summed E-state index contributed by atoms with van der Waals surface area (Å²) >= 11 is 1.50. The van der Waals surface area contributed by atoms with E-state index in [0.717, 1.165) is 0 Å². The Morgan fingerprint density at radius 1 is 1.53 bits per heavy atom. The highest BCUT2D eigenvalue weighted by Crippen LogP contribution is 2.24. The molecular weight excluding hydrogens is 236 g/mol. The maximum atomic E-state index is 12.3. The Balaban J connectivity index is 2.49. The first-order valence-corrected chi connectivity index (χ1v) is 6.27. The number of aromatic nitrogens is 2. The molecule has 4 nitrogen and oxygen atoms in total. The zero-order valence-corrected chi connectivity index (χ0v) is 10.8. The standard InChI is InChI=1S/C12H14N2O2S/c1-8(2)14-11(10(16-3)6-13-14)12(15)9-4-5-17-7-9/h4-8H,1-3H3. The van der Waals surface area contributed by atoms with Crippen molar-refractivity contribution >= 4 is 17.1 Å². The zero-order valence-electron chi connectivity index (χ0n) is 10.0. The van der Waals surface area contributed by atoms with Crippen LogP contribution in [0.15, 0.2) is 23.0 Å². The molecule has 0 spiro atoms. The summed E-state index contributed by atoms with van der Waals surface area (Å²) < 4.78 is 6.89. The molecule has 2 aromatic heterocycles. The lowest BCUT2D eigenvalue weighted by Gasteiger charge is -2.10. The van der Waals surface area contributed by atoms with E-state index < -0.39 is 0 Å². The molecule has 0 aromatic carbocycles. The van der Waals surface area contributed by atoms with Gasteiger partial charge in [-0.05, 0) is 25.3 Å². The van der Waals surface area contributed by atoms with Crippen LogP contribution in [0.4, 0.5) is 0 Å². The first kappa shape index (κ1) is 11.9. The summed E-state index contributed by atoms with van der Waals surface area (Å²) in [5.74, 6) is 0.476. The van der Waals surface area contributed by atoms with Crippen molar-refractivity contribution in [2.75, 3.05) is 7.11 Å². The first-order chi connectivity index (χ1) is 8.15. The van der Waals surface area contributed by atoms with E-state index in [0.29, 0.717) is 17.0 Å². The van der Waals surface area contributed by atoms with Gasteiger partial charge in [-0.1, -0.05) is 0 Å². The molecule has 5 heteroatoms. The van der Waals surface area contributed by atoms with E-state index in [-0.39, 0.29) is 11.8 Å². The highest BCUT2D eigenvalue weighted by Gasteiger charge is 2.22. The Hall–Kier alpha value is -1.62. The second kappa shape index (κ2) is 4.71. The lowest BCUT2D eigenvalue weighted by Crippen LogP contribution is -2.13. The van der Waals surface area contributed by atoms with Crippen LogP contribution in [0.3, 0.4) is 0 Å². The Morgan fingerprint density at radius 2 is 2.29 bits per heavy atom. The van der Waals surface area contributed by atoms with Gasteiger partial charge in [-0.2, -0.15) is 16.4 Å². The average molecular weight is 250 g/mol. The molecule has 0 saturated carbocycles. The predicted octanol–water partition coefficient (Wildman–Crippen LogP) is 2.77. The van der Waals surface area contributed by atoms with Crippen LogP contribution in [0.25, 0.3) is 0 Å². The molecular formula is C12H14N2O2S. The molecule has 90 valence electrons. The summed E-state index contributed by atoms with van der Waals surface area (Å²) in [5, 5.41) is 7.91. The average Bonchev–Trinajstić information content (AvgIpc) is 2.96. The van der Waals surface area contributed by atoms with E-state index >= 15 is 0 Å². The fourth-order valence-electron chi connectivity index (χ4n) is 1.63. The van der Waals surface area contributed by atoms with E-state index in [4.69, 9.17) is 4.74 Å². The van der Waals surface area contributed by atoms with E-state index in [1.807, 2.05) is 30.7 Å². The topological polar surface area (TPSA) is 44.1 Å². The molecule has 0 saturated heterocycles. The molecule has 0 unspecified atom stereocenters. The molecule has 0 aliphatic rings. The third kappa shape index (κ3) is 2.10. The summed E-state index contributed by atoms with van der Waals surface area (Å²) in [6.07, 6.45) is 1.58. The van der Waals surface area contributed by atoms with Crippen LogP contribution in [0.1, 0.15) is 35.9 Å². The van der Waals surface area contributed by atoms with Gasteiger partial charge < -0.3 is 4.74 Å². The molecule has 0 aliphatic heterocycles. The Bertz CT molecular complexity index is 515. The van der Waals surface area contributed by atoms with Gasteiger partial charge in [0.25, 0.3) is 0 Å². The monoisotopic (exact) mass is 250 g/mol. The number of ether oxygens (including phenoxy) is 1. The SMILES string of the molecule is COc1cnn(C(C)C)c1C(=O)c1ccsc1. The predicted molar refractivity (Wildman–Crippen MR) is 66.9 cm³/mol. The van der Waals surface area contributed by atoms with Gasteiger partial charge in [0.05, 0.1) is 13.3 Å².